The van der Waals surface area contributed by atoms with Crippen LogP contribution in [0.2, 0.25) is 0 Å². The van der Waals surface area contributed by atoms with E-state index in [1.54, 1.807) is 0 Å². The number of aliphatic hydroxyl groups excluding tert-OH is 2. The summed E-state index contributed by atoms with van der Waals surface area (Å²) < 4.78 is 4.83. The summed E-state index contributed by atoms with van der Waals surface area (Å²) >= 11 is 0. The monoisotopic (exact) mass is 400 g/mol. The predicted molar refractivity (Wildman–Crippen MR) is 113 cm³/mol. The number of rotatable bonds is 21. The van der Waals surface area contributed by atoms with Crippen molar-refractivity contribution in [3.63, 3.8) is 0 Å². The number of ether oxygens (including phenoxy) is 1. The van der Waals surface area contributed by atoms with Gasteiger partial charge in [-0.25, -0.2) is 0 Å². The molecule has 0 aromatic rings. The van der Waals surface area contributed by atoms with Crippen LogP contribution in [0.15, 0.2) is 0 Å². The van der Waals surface area contributed by atoms with Gasteiger partial charge in [-0.3, -0.25) is 9.59 Å². The van der Waals surface area contributed by atoms with Crippen molar-refractivity contribution >= 4 is 11.8 Å². The van der Waals surface area contributed by atoms with Gasteiger partial charge in [-0.1, -0.05) is 90.4 Å². The minimum absolute atomic E-state index is 0.0218. The molecule has 0 unspecified atom stereocenters. The van der Waals surface area contributed by atoms with Crippen molar-refractivity contribution in [1.82, 2.24) is 0 Å². The van der Waals surface area contributed by atoms with Crippen LogP contribution in [-0.2, 0) is 14.3 Å². The second kappa shape index (κ2) is 20.8. The number of hydrogen-bond donors (Lipinski definition) is 2. The zero-order valence-electron chi connectivity index (χ0n) is 18.1. The largest absolute Gasteiger partial charge is 0.457 e. The molecule has 0 radical (unpaired) electrons. The molecule has 0 saturated carbocycles. The lowest BCUT2D eigenvalue weighted by atomic mass is 10.0. The zero-order chi connectivity index (χ0) is 20.9. The summed E-state index contributed by atoms with van der Waals surface area (Å²) in [5.41, 5.74) is 0. The van der Waals surface area contributed by atoms with E-state index in [4.69, 9.17) is 14.9 Å². The highest BCUT2D eigenvalue weighted by atomic mass is 16.6. The highest BCUT2D eigenvalue weighted by Gasteiger charge is 2.13. The number of carbonyl (C=O) groups is 2. The highest BCUT2D eigenvalue weighted by molar-refractivity contribution is 5.82. The number of carbonyl (C=O) groups excluding carboxylic acids is 2. The van der Waals surface area contributed by atoms with E-state index in [-0.39, 0.29) is 18.6 Å². The molecule has 0 amide bonds. The molecule has 0 aromatic carbocycles. The minimum Gasteiger partial charge on any atom is -0.457 e. The van der Waals surface area contributed by atoms with E-state index in [1.165, 1.54) is 77.0 Å². The molecule has 2 N–H and O–H groups in total. The fourth-order valence-electron chi connectivity index (χ4n) is 3.26. The molecule has 0 aromatic heterocycles. The van der Waals surface area contributed by atoms with Crippen molar-refractivity contribution in [2.45, 2.75) is 122 Å². The first kappa shape index (κ1) is 27.1. The zero-order valence-corrected chi connectivity index (χ0v) is 18.1. The van der Waals surface area contributed by atoms with Crippen LogP contribution in [0, 0.1) is 0 Å². The topological polar surface area (TPSA) is 83.8 Å². The number of Topliss-reactive ketones (excluding diaryl/α,β-unsaturated/α-hetero) is 1. The summed E-state index contributed by atoms with van der Waals surface area (Å²) in [7, 11) is 0. The van der Waals surface area contributed by atoms with Crippen LogP contribution in [0.5, 0.6) is 0 Å². The standard InChI is InChI=1S/C23H44O5/c1-2-3-4-5-6-7-8-9-10-11-12-13-14-15-16-21(26)17-18-23(27)28-22(19-24)20-25/h22,24-25H,2-20H2,1H3. The van der Waals surface area contributed by atoms with Gasteiger partial charge in [-0.05, 0) is 6.42 Å². The van der Waals surface area contributed by atoms with Crippen molar-refractivity contribution in [3.8, 4) is 0 Å². The predicted octanol–water partition coefficient (Wildman–Crippen LogP) is 5.10. The molecule has 0 atom stereocenters. The molecular weight excluding hydrogens is 356 g/mol. The van der Waals surface area contributed by atoms with Crippen LogP contribution in [-0.4, -0.2) is 41.3 Å². The molecule has 5 nitrogen and oxygen atoms in total. The lowest BCUT2D eigenvalue weighted by Gasteiger charge is -2.12. The average Bonchev–Trinajstić information content (AvgIpc) is 2.70. The first-order chi connectivity index (χ1) is 13.6. The number of hydrogen-bond acceptors (Lipinski definition) is 5. The summed E-state index contributed by atoms with van der Waals surface area (Å²) in [5, 5.41) is 17.7. The molecule has 0 spiro atoms. The first-order valence-electron chi connectivity index (χ1n) is 11.6. The summed E-state index contributed by atoms with van der Waals surface area (Å²) in [5.74, 6) is -0.456. The van der Waals surface area contributed by atoms with E-state index < -0.39 is 25.3 Å². The second-order valence-corrected chi connectivity index (χ2v) is 7.86. The lowest BCUT2D eigenvalue weighted by Crippen LogP contribution is -2.25. The lowest BCUT2D eigenvalue weighted by molar-refractivity contribution is -0.154. The molecule has 5 heteroatoms. The van der Waals surface area contributed by atoms with Gasteiger partial charge in [0, 0.05) is 12.8 Å². The maximum absolute atomic E-state index is 11.8. The number of unbranched alkanes of at least 4 members (excludes halogenated alkanes) is 13. The van der Waals surface area contributed by atoms with Crippen molar-refractivity contribution in [3.05, 3.63) is 0 Å². The van der Waals surface area contributed by atoms with Crippen molar-refractivity contribution < 1.29 is 24.5 Å². The Morgan fingerprint density at radius 1 is 0.643 bits per heavy atom. The van der Waals surface area contributed by atoms with Gasteiger partial charge in [0.1, 0.15) is 11.9 Å². The third-order valence-corrected chi connectivity index (χ3v) is 5.12. The Morgan fingerprint density at radius 2 is 1.07 bits per heavy atom. The Bertz CT molecular complexity index is 366. The van der Waals surface area contributed by atoms with Gasteiger partial charge in [-0.2, -0.15) is 0 Å². The number of aliphatic hydroxyl groups is 2. The normalized spacial score (nSPS) is 11.1. The van der Waals surface area contributed by atoms with Gasteiger partial charge in [0.15, 0.2) is 0 Å². The summed E-state index contributed by atoms with van der Waals surface area (Å²) in [4.78, 5) is 23.3. The highest BCUT2D eigenvalue weighted by Crippen LogP contribution is 2.13. The Morgan fingerprint density at radius 3 is 1.50 bits per heavy atom. The van der Waals surface area contributed by atoms with Gasteiger partial charge in [0.05, 0.1) is 19.6 Å². The van der Waals surface area contributed by atoms with Crippen LogP contribution < -0.4 is 0 Å². The maximum atomic E-state index is 11.8. The Hall–Kier alpha value is -0.940. The van der Waals surface area contributed by atoms with E-state index in [9.17, 15) is 9.59 Å². The third kappa shape index (κ3) is 18.4. The van der Waals surface area contributed by atoms with E-state index >= 15 is 0 Å². The Kier molecular flexibility index (Phi) is 20.1. The molecule has 0 heterocycles. The second-order valence-electron chi connectivity index (χ2n) is 7.86. The molecule has 0 saturated heterocycles. The molecule has 0 aliphatic rings. The van der Waals surface area contributed by atoms with Gasteiger partial charge in [0.2, 0.25) is 0 Å². The summed E-state index contributed by atoms with van der Waals surface area (Å²) in [6.45, 7) is 1.44. The average molecular weight is 401 g/mol. The van der Waals surface area contributed by atoms with Gasteiger partial charge in [-0.15, -0.1) is 0 Å². The van der Waals surface area contributed by atoms with Crippen molar-refractivity contribution in [1.29, 1.82) is 0 Å². The van der Waals surface area contributed by atoms with Crippen LogP contribution in [0.25, 0.3) is 0 Å². The Balaban J connectivity index is 3.33. The molecule has 0 fully saturated rings. The molecule has 28 heavy (non-hydrogen) atoms. The number of ketones is 1. The first-order valence-corrected chi connectivity index (χ1v) is 11.6. The number of esters is 1. The molecular formula is C23H44O5. The van der Waals surface area contributed by atoms with Crippen molar-refractivity contribution in [2.24, 2.45) is 0 Å². The summed E-state index contributed by atoms with van der Waals surface area (Å²) in [6, 6.07) is 0. The van der Waals surface area contributed by atoms with E-state index in [0.717, 1.165) is 12.8 Å². The smallest absolute Gasteiger partial charge is 0.306 e. The van der Waals surface area contributed by atoms with Crippen LogP contribution in [0.1, 0.15) is 116 Å². The molecule has 0 bridgehead atoms. The fourth-order valence-corrected chi connectivity index (χ4v) is 3.26. The van der Waals surface area contributed by atoms with Gasteiger partial charge < -0.3 is 14.9 Å². The fraction of sp³-hybridized carbons (Fsp3) is 0.913. The van der Waals surface area contributed by atoms with E-state index in [1.807, 2.05) is 0 Å². The van der Waals surface area contributed by atoms with E-state index in [2.05, 4.69) is 6.92 Å². The Labute approximate surface area is 172 Å². The quantitative estimate of drug-likeness (QED) is 0.207. The van der Waals surface area contributed by atoms with Crippen molar-refractivity contribution in [2.75, 3.05) is 13.2 Å². The molecule has 0 aliphatic carbocycles. The maximum Gasteiger partial charge on any atom is 0.306 e. The van der Waals surface area contributed by atoms with Crippen LogP contribution >= 0.6 is 0 Å². The minimum atomic E-state index is -0.881. The van der Waals surface area contributed by atoms with Crippen LogP contribution in [0.4, 0.5) is 0 Å². The van der Waals surface area contributed by atoms with Gasteiger partial charge in [0.25, 0.3) is 0 Å². The van der Waals surface area contributed by atoms with Crippen LogP contribution in [0.3, 0.4) is 0 Å². The summed E-state index contributed by atoms with van der Waals surface area (Å²) in [6.07, 6.45) is 17.9. The third-order valence-electron chi connectivity index (χ3n) is 5.12. The molecule has 0 rings (SSSR count). The molecule has 166 valence electrons. The van der Waals surface area contributed by atoms with E-state index in [0.29, 0.717) is 6.42 Å². The van der Waals surface area contributed by atoms with Gasteiger partial charge >= 0.3 is 5.97 Å². The molecule has 0 aliphatic heterocycles. The SMILES string of the molecule is CCCCCCCCCCCCCCCCC(=O)CCC(=O)OC(CO)CO.